The van der Waals surface area contributed by atoms with E-state index in [2.05, 4.69) is 24.0 Å². The molecule has 3 aromatic rings. The Kier molecular flexibility index (Phi) is 8.31. The molecule has 1 atom stereocenters. The van der Waals surface area contributed by atoms with Crippen LogP contribution in [0.1, 0.15) is 32.8 Å². The van der Waals surface area contributed by atoms with Crippen LogP contribution in [0.25, 0.3) is 11.3 Å². The summed E-state index contributed by atoms with van der Waals surface area (Å²) < 4.78 is 13.7. The van der Waals surface area contributed by atoms with Gasteiger partial charge in [0.05, 0.1) is 18.8 Å². The van der Waals surface area contributed by atoms with E-state index in [0.29, 0.717) is 30.5 Å². The zero-order valence-corrected chi connectivity index (χ0v) is 19.8. The van der Waals surface area contributed by atoms with Gasteiger partial charge in [-0.15, -0.1) is 0 Å². The van der Waals surface area contributed by atoms with Crippen molar-refractivity contribution in [1.82, 2.24) is 14.7 Å². The lowest BCUT2D eigenvalue weighted by molar-refractivity contribution is 0.0729. The van der Waals surface area contributed by atoms with Gasteiger partial charge in [0.1, 0.15) is 5.69 Å². The maximum Gasteiger partial charge on any atom is 0.222 e. The van der Waals surface area contributed by atoms with Crippen molar-refractivity contribution in [3.05, 3.63) is 60.2 Å². The lowest BCUT2D eigenvalue weighted by Gasteiger charge is -2.26. The number of aliphatic hydroxyl groups is 1. The maximum atomic E-state index is 10.6. The zero-order chi connectivity index (χ0) is 23.1. The molecule has 0 spiro atoms. The molecule has 0 amide bonds. The van der Waals surface area contributed by atoms with Gasteiger partial charge in [-0.3, -0.25) is 4.90 Å². The fraction of sp³-hybridized carbons (Fsp3) is 0.423. The second kappa shape index (κ2) is 11.2. The molecular weight excluding hydrogens is 402 g/mol. The number of methoxy groups -OCH3 is 1. The lowest BCUT2D eigenvalue weighted by atomic mass is 10.0. The van der Waals surface area contributed by atoms with Crippen LogP contribution in [0.5, 0.6) is 17.4 Å². The van der Waals surface area contributed by atoms with E-state index in [4.69, 9.17) is 14.6 Å². The van der Waals surface area contributed by atoms with Crippen LogP contribution in [0.15, 0.2) is 54.6 Å². The number of ether oxygens (including phenoxy) is 2. The average molecular weight is 438 g/mol. The molecule has 172 valence electrons. The highest BCUT2D eigenvalue weighted by molar-refractivity contribution is 5.65. The summed E-state index contributed by atoms with van der Waals surface area (Å²) in [6.07, 6.45) is 0.603. The molecular formula is C26H35N3O3. The summed E-state index contributed by atoms with van der Waals surface area (Å²) in [5, 5.41) is 15.4. The number of nitrogens with zero attached hydrogens (tertiary/aromatic N) is 3. The topological polar surface area (TPSA) is 59.8 Å². The third-order valence-corrected chi connectivity index (χ3v) is 5.55. The highest BCUT2D eigenvalue weighted by Gasteiger charge is 2.24. The van der Waals surface area contributed by atoms with Crippen molar-refractivity contribution < 1.29 is 14.6 Å². The molecule has 1 heterocycles. The van der Waals surface area contributed by atoms with Crippen LogP contribution in [0.3, 0.4) is 0 Å². The first-order valence-electron chi connectivity index (χ1n) is 11.3. The Morgan fingerprint density at radius 3 is 2.31 bits per heavy atom. The molecule has 0 radical (unpaired) electrons. The number of benzene rings is 2. The number of hydrogen-bond donors (Lipinski definition) is 1. The molecule has 1 N–H and O–H groups in total. The van der Waals surface area contributed by atoms with Crippen LogP contribution in [0, 0.1) is 5.92 Å². The van der Waals surface area contributed by atoms with Crippen LogP contribution in [-0.2, 0) is 13.6 Å². The van der Waals surface area contributed by atoms with E-state index < -0.39 is 6.10 Å². The number of aliphatic hydroxyl groups excluding tert-OH is 1. The smallest absolute Gasteiger partial charge is 0.222 e. The van der Waals surface area contributed by atoms with Gasteiger partial charge in [-0.05, 0) is 31.0 Å². The quantitative estimate of drug-likeness (QED) is 0.451. The molecule has 1 aromatic heterocycles. The van der Waals surface area contributed by atoms with Crippen molar-refractivity contribution in [2.45, 2.75) is 39.8 Å². The summed E-state index contributed by atoms with van der Waals surface area (Å²) in [6, 6.07) is 17.8. The highest BCUT2D eigenvalue weighted by atomic mass is 16.5. The highest BCUT2D eigenvalue weighted by Crippen LogP contribution is 2.37. The monoisotopic (exact) mass is 437 g/mol. The van der Waals surface area contributed by atoms with E-state index in [9.17, 15) is 5.11 Å². The van der Waals surface area contributed by atoms with Gasteiger partial charge < -0.3 is 14.6 Å². The number of hydrogen-bond acceptors (Lipinski definition) is 5. The number of aryl methyl sites for hydroxylation is 1. The lowest BCUT2D eigenvalue weighted by Crippen LogP contribution is -2.35. The van der Waals surface area contributed by atoms with Crippen molar-refractivity contribution in [2.75, 3.05) is 20.2 Å². The standard InChI is InChI=1S/C26H35N3O3/c1-6-16-29(18-22(30)19(2)3)17-21-25(20-12-8-7-9-13-20)27-28(4)26(21)32-24-15-11-10-14-23(24)31-5/h7-15,19,22,30H,6,16-18H2,1-5H3/t22-/m0/s1. The van der Waals surface area contributed by atoms with Crippen molar-refractivity contribution in [3.8, 4) is 28.6 Å². The van der Waals surface area contributed by atoms with Gasteiger partial charge >= 0.3 is 0 Å². The first kappa shape index (κ1) is 23.8. The predicted molar refractivity (Wildman–Crippen MR) is 128 cm³/mol. The molecule has 0 saturated heterocycles. The van der Waals surface area contributed by atoms with Crippen molar-refractivity contribution in [2.24, 2.45) is 13.0 Å². The van der Waals surface area contributed by atoms with Crippen LogP contribution in [0.2, 0.25) is 0 Å². The maximum absolute atomic E-state index is 10.6. The molecule has 0 bridgehead atoms. The summed E-state index contributed by atoms with van der Waals surface area (Å²) in [7, 11) is 3.53. The third kappa shape index (κ3) is 5.69. The minimum Gasteiger partial charge on any atom is -0.493 e. The molecule has 0 saturated carbocycles. The molecule has 0 aliphatic carbocycles. The average Bonchev–Trinajstić information content (AvgIpc) is 3.10. The van der Waals surface area contributed by atoms with E-state index in [1.54, 1.807) is 11.8 Å². The van der Waals surface area contributed by atoms with Gasteiger partial charge in [-0.25, -0.2) is 4.68 Å². The summed E-state index contributed by atoms with van der Waals surface area (Å²) in [5.74, 6) is 2.18. The van der Waals surface area contributed by atoms with Crippen molar-refractivity contribution in [3.63, 3.8) is 0 Å². The zero-order valence-electron chi connectivity index (χ0n) is 19.8. The molecule has 6 heteroatoms. The van der Waals surface area contributed by atoms with Crippen molar-refractivity contribution in [1.29, 1.82) is 0 Å². The first-order valence-corrected chi connectivity index (χ1v) is 11.3. The van der Waals surface area contributed by atoms with Crippen molar-refractivity contribution >= 4 is 0 Å². The predicted octanol–water partition coefficient (Wildman–Crippen LogP) is 5.12. The van der Waals surface area contributed by atoms with E-state index >= 15 is 0 Å². The summed E-state index contributed by atoms with van der Waals surface area (Å²) >= 11 is 0. The fourth-order valence-electron chi connectivity index (χ4n) is 3.71. The Hall–Kier alpha value is -2.83. The Labute approximate surface area is 191 Å². The van der Waals surface area contributed by atoms with E-state index in [1.807, 2.05) is 63.4 Å². The van der Waals surface area contributed by atoms with Gasteiger partial charge in [0, 0.05) is 25.7 Å². The minimum absolute atomic E-state index is 0.196. The minimum atomic E-state index is -0.392. The normalized spacial score (nSPS) is 12.4. The Balaban J connectivity index is 2.04. The molecule has 0 unspecified atom stereocenters. The van der Waals surface area contributed by atoms with Gasteiger partial charge in [0.25, 0.3) is 0 Å². The van der Waals surface area contributed by atoms with Gasteiger partial charge in [0.2, 0.25) is 5.88 Å². The van der Waals surface area contributed by atoms with Gasteiger partial charge in [-0.2, -0.15) is 5.10 Å². The largest absolute Gasteiger partial charge is 0.493 e. The Morgan fingerprint density at radius 2 is 1.69 bits per heavy atom. The molecule has 2 aromatic carbocycles. The Morgan fingerprint density at radius 1 is 1.03 bits per heavy atom. The summed E-state index contributed by atoms with van der Waals surface area (Å²) in [4.78, 5) is 2.28. The molecule has 32 heavy (non-hydrogen) atoms. The van der Waals surface area contributed by atoms with Gasteiger partial charge in [-0.1, -0.05) is 63.2 Å². The number of rotatable bonds is 11. The van der Waals surface area contributed by atoms with E-state index in [1.165, 1.54) is 0 Å². The third-order valence-electron chi connectivity index (χ3n) is 5.55. The SMILES string of the molecule is CCCN(Cc1c(-c2ccccc2)nn(C)c1Oc1ccccc1OC)C[C@H](O)C(C)C. The van der Waals surface area contributed by atoms with E-state index in [-0.39, 0.29) is 5.92 Å². The molecule has 0 fully saturated rings. The van der Waals surface area contributed by atoms with Crippen LogP contribution >= 0.6 is 0 Å². The molecule has 0 aliphatic rings. The Bertz CT molecular complexity index is 985. The van der Waals surface area contributed by atoms with Crippen LogP contribution in [-0.4, -0.2) is 46.1 Å². The molecule has 3 rings (SSSR count). The second-order valence-electron chi connectivity index (χ2n) is 8.42. The fourth-order valence-corrected chi connectivity index (χ4v) is 3.71. The summed E-state index contributed by atoms with van der Waals surface area (Å²) in [5.41, 5.74) is 2.92. The van der Waals surface area contributed by atoms with Gasteiger partial charge in [0.15, 0.2) is 11.5 Å². The summed E-state index contributed by atoms with van der Waals surface area (Å²) in [6.45, 7) is 8.35. The number of aromatic nitrogens is 2. The van der Waals surface area contributed by atoms with E-state index in [0.717, 1.165) is 29.8 Å². The van der Waals surface area contributed by atoms with Crippen LogP contribution < -0.4 is 9.47 Å². The second-order valence-corrected chi connectivity index (χ2v) is 8.42. The first-order chi connectivity index (χ1) is 15.4. The van der Waals surface area contributed by atoms with Crippen LogP contribution in [0.4, 0.5) is 0 Å². The molecule has 6 nitrogen and oxygen atoms in total. The number of para-hydroxylation sites is 2. The molecule has 0 aliphatic heterocycles.